The molecule has 0 aliphatic rings. The van der Waals surface area contributed by atoms with Crippen molar-refractivity contribution < 1.29 is 14.9 Å². The van der Waals surface area contributed by atoms with Crippen molar-refractivity contribution in [2.45, 2.75) is 70.2 Å². The SMILES string of the molecule is C=C[C@H](O)C#CC#CC[C@H](O)[C@@H](CCCCCCC)OC. The van der Waals surface area contributed by atoms with Gasteiger partial charge in [0.15, 0.2) is 0 Å². The van der Waals surface area contributed by atoms with Gasteiger partial charge < -0.3 is 14.9 Å². The Kier molecular flexibility index (Phi) is 12.9. The Hall–Kier alpha value is -1.26. The maximum absolute atomic E-state index is 10.0. The van der Waals surface area contributed by atoms with Gasteiger partial charge in [-0.3, -0.25) is 0 Å². The number of hydrogen-bond donors (Lipinski definition) is 2. The van der Waals surface area contributed by atoms with E-state index >= 15 is 0 Å². The van der Waals surface area contributed by atoms with Gasteiger partial charge in [-0.1, -0.05) is 63.5 Å². The molecule has 0 spiro atoms. The normalized spacial score (nSPS) is 14.1. The molecule has 3 heteroatoms. The quantitative estimate of drug-likeness (QED) is 0.370. The number of rotatable bonds is 10. The van der Waals surface area contributed by atoms with E-state index < -0.39 is 12.2 Å². The van der Waals surface area contributed by atoms with E-state index in [1.165, 1.54) is 31.8 Å². The highest BCUT2D eigenvalue weighted by molar-refractivity contribution is 5.28. The number of unbranched alkanes of at least 4 members (excludes halogenated alkanes) is 4. The van der Waals surface area contributed by atoms with Gasteiger partial charge in [-0.05, 0) is 18.3 Å². The van der Waals surface area contributed by atoms with Crippen LogP contribution >= 0.6 is 0 Å². The number of aliphatic hydroxyl groups excluding tert-OH is 2. The third-order valence-corrected chi connectivity index (χ3v) is 3.23. The summed E-state index contributed by atoms with van der Waals surface area (Å²) in [4.78, 5) is 0. The highest BCUT2D eigenvalue weighted by Gasteiger charge is 2.16. The largest absolute Gasteiger partial charge is 0.389 e. The zero-order valence-corrected chi connectivity index (χ0v) is 13.3. The van der Waals surface area contributed by atoms with Crippen molar-refractivity contribution >= 4 is 0 Å². The van der Waals surface area contributed by atoms with Crippen LogP contribution in [0.3, 0.4) is 0 Å². The Morgan fingerprint density at radius 1 is 1.14 bits per heavy atom. The van der Waals surface area contributed by atoms with Crippen molar-refractivity contribution in [3.63, 3.8) is 0 Å². The molecule has 0 saturated carbocycles. The molecular formula is C18H28O3. The van der Waals surface area contributed by atoms with Gasteiger partial charge in [0.05, 0.1) is 12.2 Å². The van der Waals surface area contributed by atoms with Gasteiger partial charge in [-0.2, -0.15) is 0 Å². The second-order valence-corrected chi connectivity index (χ2v) is 5.00. The molecule has 118 valence electrons. The Morgan fingerprint density at radius 3 is 2.48 bits per heavy atom. The van der Waals surface area contributed by atoms with Crippen molar-refractivity contribution in [3.8, 4) is 23.7 Å². The van der Waals surface area contributed by atoms with Gasteiger partial charge in [0, 0.05) is 13.5 Å². The first-order valence-corrected chi connectivity index (χ1v) is 7.65. The average molecular weight is 292 g/mol. The third-order valence-electron chi connectivity index (χ3n) is 3.23. The molecule has 0 amide bonds. The minimum atomic E-state index is -0.848. The van der Waals surface area contributed by atoms with Crippen LogP contribution in [0.5, 0.6) is 0 Å². The topological polar surface area (TPSA) is 49.7 Å². The Labute approximate surface area is 129 Å². The van der Waals surface area contributed by atoms with Gasteiger partial charge in [-0.15, -0.1) is 0 Å². The molecule has 0 aromatic rings. The van der Waals surface area contributed by atoms with E-state index in [1.807, 2.05) is 0 Å². The molecule has 0 aromatic carbocycles. The van der Waals surface area contributed by atoms with Crippen LogP contribution in [0.2, 0.25) is 0 Å². The average Bonchev–Trinajstić information content (AvgIpc) is 2.50. The fraction of sp³-hybridized carbons (Fsp3) is 0.667. The summed E-state index contributed by atoms with van der Waals surface area (Å²) in [7, 11) is 1.62. The minimum absolute atomic E-state index is 0.173. The lowest BCUT2D eigenvalue weighted by Gasteiger charge is -2.19. The Balaban J connectivity index is 4.03. The van der Waals surface area contributed by atoms with Crippen LogP contribution < -0.4 is 0 Å². The first-order valence-electron chi connectivity index (χ1n) is 7.65. The van der Waals surface area contributed by atoms with Gasteiger partial charge in [0.1, 0.15) is 6.10 Å². The fourth-order valence-corrected chi connectivity index (χ4v) is 1.92. The molecule has 0 aromatic heterocycles. The highest BCUT2D eigenvalue weighted by Crippen LogP contribution is 2.13. The van der Waals surface area contributed by atoms with Crippen molar-refractivity contribution in [1.82, 2.24) is 0 Å². The molecule has 3 nitrogen and oxygen atoms in total. The first-order chi connectivity index (χ1) is 10.2. The molecule has 0 radical (unpaired) electrons. The maximum Gasteiger partial charge on any atom is 0.134 e. The standard InChI is InChI=1S/C18H28O3/c1-4-6-7-8-12-15-18(21-3)17(20)14-11-9-10-13-16(19)5-2/h5,16-20H,2,4,6-8,12,14-15H2,1,3H3/t16-,17-,18+/m0/s1. The number of aliphatic hydroxyl groups is 2. The van der Waals surface area contributed by atoms with Crippen LogP contribution in [0.25, 0.3) is 0 Å². The number of hydrogen-bond acceptors (Lipinski definition) is 3. The smallest absolute Gasteiger partial charge is 0.134 e. The predicted molar refractivity (Wildman–Crippen MR) is 86.6 cm³/mol. The molecule has 0 unspecified atom stereocenters. The van der Waals surface area contributed by atoms with E-state index in [0.717, 1.165) is 12.8 Å². The van der Waals surface area contributed by atoms with Crippen molar-refractivity contribution in [1.29, 1.82) is 0 Å². The summed E-state index contributed by atoms with van der Waals surface area (Å²) < 4.78 is 5.32. The molecule has 0 rings (SSSR count). The fourth-order valence-electron chi connectivity index (χ4n) is 1.92. The van der Waals surface area contributed by atoms with Crippen LogP contribution in [0.4, 0.5) is 0 Å². The van der Waals surface area contributed by atoms with Crippen molar-refractivity contribution in [2.24, 2.45) is 0 Å². The summed E-state index contributed by atoms with van der Waals surface area (Å²) in [6.07, 6.45) is 6.87. The molecule has 0 aliphatic heterocycles. The number of methoxy groups -OCH3 is 1. The van der Waals surface area contributed by atoms with E-state index in [1.54, 1.807) is 7.11 Å². The summed E-state index contributed by atoms with van der Waals surface area (Å²) in [6.45, 7) is 5.60. The lowest BCUT2D eigenvalue weighted by molar-refractivity contribution is -0.0146. The molecule has 21 heavy (non-hydrogen) atoms. The molecule has 0 bridgehead atoms. The van der Waals surface area contributed by atoms with Crippen LogP contribution in [-0.2, 0) is 4.74 Å². The summed E-state index contributed by atoms with van der Waals surface area (Å²) in [5, 5.41) is 19.1. The van der Waals surface area contributed by atoms with Crippen molar-refractivity contribution in [3.05, 3.63) is 12.7 Å². The van der Waals surface area contributed by atoms with Gasteiger partial charge in [0.2, 0.25) is 0 Å². The number of ether oxygens (including phenoxy) is 1. The molecule has 0 heterocycles. The maximum atomic E-state index is 10.0. The lowest BCUT2D eigenvalue weighted by Crippen LogP contribution is -2.27. The summed E-state index contributed by atoms with van der Waals surface area (Å²) in [5.41, 5.74) is 0. The zero-order valence-electron chi connectivity index (χ0n) is 13.3. The second kappa shape index (κ2) is 13.7. The van der Waals surface area contributed by atoms with Gasteiger partial charge in [-0.25, -0.2) is 0 Å². The van der Waals surface area contributed by atoms with Crippen LogP contribution in [0, 0.1) is 23.7 Å². The molecule has 3 atom stereocenters. The second-order valence-electron chi connectivity index (χ2n) is 5.00. The molecule has 2 N–H and O–H groups in total. The van der Waals surface area contributed by atoms with Crippen LogP contribution in [0.1, 0.15) is 51.9 Å². The minimum Gasteiger partial charge on any atom is -0.389 e. The molecule has 0 aliphatic carbocycles. The summed E-state index contributed by atoms with van der Waals surface area (Å²) in [6, 6.07) is 0. The van der Waals surface area contributed by atoms with Gasteiger partial charge >= 0.3 is 0 Å². The van der Waals surface area contributed by atoms with E-state index in [9.17, 15) is 5.11 Å². The van der Waals surface area contributed by atoms with E-state index in [-0.39, 0.29) is 6.10 Å². The highest BCUT2D eigenvalue weighted by atomic mass is 16.5. The lowest BCUT2D eigenvalue weighted by atomic mass is 10.0. The van der Waals surface area contributed by atoms with Crippen LogP contribution in [0.15, 0.2) is 12.7 Å². The molecule has 0 saturated heterocycles. The predicted octanol–water partition coefficient (Wildman–Crippen LogP) is 2.67. The van der Waals surface area contributed by atoms with E-state index in [4.69, 9.17) is 9.84 Å². The third kappa shape index (κ3) is 11.1. The molecular weight excluding hydrogens is 264 g/mol. The van der Waals surface area contributed by atoms with Crippen LogP contribution in [-0.4, -0.2) is 35.6 Å². The monoisotopic (exact) mass is 292 g/mol. The summed E-state index contributed by atoms with van der Waals surface area (Å²) in [5.74, 6) is 10.4. The summed E-state index contributed by atoms with van der Waals surface area (Å²) >= 11 is 0. The Morgan fingerprint density at radius 2 is 1.86 bits per heavy atom. The van der Waals surface area contributed by atoms with Gasteiger partial charge in [0.25, 0.3) is 0 Å². The first kappa shape index (κ1) is 19.7. The van der Waals surface area contributed by atoms with E-state index in [2.05, 4.69) is 37.2 Å². The van der Waals surface area contributed by atoms with Crippen molar-refractivity contribution in [2.75, 3.05) is 7.11 Å². The van der Waals surface area contributed by atoms with E-state index in [0.29, 0.717) is 6.42 Å². The zero-order chi connectivity index (χ0) is 15.9. The molecule has 0 fully saturated rings. The Bertz CT molecular complexity index is 381.